The van der Waals surface area contributed by atoms with E-state index in [4.69, 9.17) is 16.3 Å². The molecule has 0 aromatic carbocycles. The number of nitrogens with zero attached hydrogens (tertiary/aromatic N) is 3. The first-order chi connectivity index (χ1) is 9.71. The molecule has 0 radical (unpaired) electrons. The summed E-state index contributed by atoms with van der Waals surface area (Å²) in [7, 11) is 1.62. The second kappa shape index (κ2) is 7.18. The molecule has 2 aromatic rings. The van der Waals surface area contributed by atoms with Gasteiger partial charge in [0, 0.05) is 12.1 Å². The Hall–Kier alpha value is -0.940. The molecule has 0 amide bonds. The van der Waals surface area contributed by atoms with Gasteiger partial charge in [-0.3, -0.25) is 0 Å². The van der Waals surface area contributed by atoms with Crippen LogP contribution in [0, 0.1) is 0 Å². The van der Waals surface area contributed by atoms with Crippen LogP contribution < -0.4 is 4.74 Å². The van der Waals surface area contributed by atoms with Gasteiger partial charge in [0.25, 0.3) is 0 Å². The molecule has 0 spiro atoms. The summed E-state index contributed by atoms with van der Waals surface area (Å²) in [6.45, 7) is 4.37. The van der Waals surface area contributed by atoms with E-state index < -0.39 is 0 Å². The molecule has 0 saturated heterocycles. The van der Waals surface area contributed by atoms with E-state index in [1.54, 1.807) is 7.11 Å². The molecule has 0 aliphatic heterocycles. The van der Waals surface area contributed by atoms with Crippen LogP contribution in [-0.2, 0) is 5.88 Å². The van der Waals surface area contributed by atoms with Crippen molar-refractivity contribution >= 4 is 34.5 Å². The second-order valence-electron chi connectivity index (χ2n) is 4.56. The molecule has 2 aromatic heterocycles. The summed E-state index contributed by atoms with van der Waals surface area (Å²) in [4.78, 5) is 9.09. The fourth-order valence-corrected chi connectivity index (χ4v) is 3.19. The van der Waals surface area contributed by atoms with Crippen molar-refractivity contribution in [3.63, 3.8) is 0 Å². The Morgan fingerprint density at radius 2 is 2.20 bits per heavy atom. The van der Waals surface area contributed by atoms with Gasteiger partial charge in [-0.15, -0.1) is 11.6 Å². The third kappa shape index (κ3) is 3.20. The van der Waals surface area contributed by atoms with Gasteiger partial charge in [0.15, 0.2) is 5.65 Å². The molecule has 2 heterocycles. The number of pyridine rings is 1. The van der Waals surface area contributed by atoms with Crippen LogP contribution in [0.2, 0.25) is 0 Å². The number of halogens is 1. The molecule has 0 fully saturated rings. The molecule has 1 atom stereocenters. The number of methoxy groups -OCH3 is 1. The maximum Gasteiger partial charge on any atom is 0.215 e. The van der Waals surface area contributed by atoms with Crippen molar-refractivity contribution in [3.05, 3.63) is 18.0 Å². The van der Waals surface area contributed by atoms with Crippen LogP contribution in [0.25, 0.3) is 11.2 Å². The van der Waals surface area contributed by atoms with E-state index in [2.05, 4.69) is 28.4 Å². The van der Waals surface area contributed by atoms with Crippen LogP contribution in [0.1, 0.15) is 32.1 Å². The molecule has 20 heavy (non-hydrogen) atoms. The lowest BCUT2D eigenvalue weighted by Gasteiger charge is -2.16. The zero-order chi connectivity index (χ0) is 14.5. The molecule has 0 N–H and O–H groups in total. The van der Waals surface area contributed by atoms with Crippen LogP contribution in [-0.4, -0.2) is 33.2 Å². The largest absolute Gasteiger partial charge is 0.481 e. The predicted molar refractivity (Wildman–Crippen MR) is 86.0 cm³/mol. The number of imidazole rings is 1. The zero-order valence-corrected chi connectivity index (χ0v) is 13.7. The van der Waals surface area contributed by atoms with E-state index in [1.165, 1.54) is 0 Å². The summed E-state index contributed by atoms with van der Waals surface area (Å²) in [5.74, 6) is 4.14. The van der Waals surface area contributed by atoms with Crippen molar-refractivity contribution in [2.24, 2.45) is 0 Å². The minimum absolute atomic E-state index is 0.326. The van der Waals surface area contributed by atoms with E-state index in [0.29, 0.717) is 17.8 Å². The Morgan fingerprint density at radius 3 is 2.85 bits per heavy atom. The minimum Gasteiger partial charge on any atom is -0.481 e. The van der Waals surface area contributed by atoms with Gasteiger partial charge >= 0.3 is 0 Å². The summed E-state index contributed by atoms with van der Waals surface area (Å²) in [5, 5.41) is 0. The molecule has 110 valence electrons. The monoisotopic (exact) mass is 313 g/mol. The second-order valence-corrected chi connectivity index (χ2v) is 6.22. The smallest absolute Gasteiger partial charge is 0.215 e. The van der Waals surface area contributed by atoms with E-state index in [-0.39, 0.29) is 0 Å². The van der Waals surface area contributed by atoms with Gasteiger partial charge in [-0.25, -0.2) is 4.98 Å². The van der Waals surface area contributed by atoms with Crippen LogP contribution >= 0.6 is 23.4 Å². The quantitative estimate of drug-likeness (QED) is 0.574. The molecule has 4 nitrogen and oxygen atoms in total. The number of hydrogen-bond acceptors (Lipinski definition) is 4. The van der Waals surface area contributed by atoms with Crippen LogP contribution in [0.4, 0.5) is 0 Å². The third-order valence-electron chi connectivity index (χ3n) is 3.24. The molecule has 0 aliphatic carbocycles. The lowest BCUT2D eigenvalue weighted by Crippen LogP contribution is -2.10. The molecule has 0 bridgehead atoms. The van der Waals surface area contributed by atoms with Crippen molar-refractivity contribution in [2.45, 2.75) is 32.2 Å². The lowest BCUT2D eigenvalue weighted by molar-refractivity contribution is 0.398. The average Bonchev–Trinajstić information content (AvgIpc) is 2.84. The number of aromatic nitrogens is 3. The fraction of sp³-hybridized carbons (Fsp3) is 0.571. The maximum atomic E-state index is 6.04. The van der Waals surface area contributed by atoms with Gasteiger partial charge in [-0.05, 0) is 30.9 Å². The number of thioether (sulfide) groups is 1. The Labute approximate surface area is 128 Å². The number of alkyl halides is 1. The highest BCUT2D eigenvalue weighted by molar-refractivity contribution is 7.99. The van der Waals surface area contributed by atoms with E-state index >= 15 is 0 Å². The Balaban J connectivity index is 2.37. The highest BCUT2D eigenvalue weighted by Gasteiger charge is 2.17. The first-order valence-corrected chi connectivity index (χ1v) is 8.45. The standard InChI is InChI=1S/C14H20ClN3OS/c1-4-20-8-7-10(2)18-12(9-15)16-11-5-6-13(19-3)17-14(11)18/h5-6,10H,4,7-9H2,1-3H3. The first-order valence-electron chi connectivity index (χ1n) is 6.76. The van der Waals surface area contributed by atoms with Crippen molar-refractivity contribution in [1.29, 1.82) is 0 Å². The van der Waals surface area contributed by atoms with Crippen LogP contribution in [0.5, 0.6) is 5.88 Å². The summed E-state index contributed by atoms with van der Waals surface area (Å²) in [5.41, 5.74) is 1.73. The molecule has 0 aliphatic rings. The fourth-order valence-electron chi connectivity index (χ4n) is 2.20. The number of ether oxygens (including phenoxy) is 1. The van der Waals surface area contributed by atoms with Gasteiger partial charge in [0.1, 0.15) is 11.3 Å². The molecule has 1 unspecified atom stereocenters. The SMILES string of the molecule is CCSCCC(C)n1c(CCl)nc2ccc(OC)nc21. The minimum atomic E-state index is 0.326. The molecule has 6 heteroatoms. The van der Waals surface area contributed by atoms with Crippen molar-refractivity contribution in [2.75, 3.05) is 18.6 Å². The summed E-state index contributed by atoms with van der Waals surface area (Å²) >= 11 is 7.98. The van der Waals surface area contributed by atoms with Crippen LogP contribution in [0.3, 0.4) is 0 Å². The van der Waals surface area contributed by atoms with Gasteiger partial charge in [-0.2, -0.15) is 16.7 Å². The van der Waals surface area contributed by atoms with E-state index in [9.17, 15) is 0 Å². The Kier molecular flexibility index (Phi) is 5.54. The normalized spacial score (nSPS) is 12.8. The molecular weight excluding hydrogens is 294 g/mol. The average molecular weight is 314 g/mol. The first kappa shape index (κ1) is 15.4. The Morgan fingerprint density at radius 1 is 1.40 bits per heavy atom. The molecular formula is C14H20ClN3OS. The molecule has 2 rings (SSSR count). The number of hydrogen-bond donors (Lipinski definition) is 0. The summed E-state index contributed by atoms with van der Waals surface area (Å²) < 4.78 is 7.35. The van der Waals surface area contributed by atoms with Gasteiger partial charge in [-0.1, -0.05) is 6.92 Å². The van der Waals surface area contributed by atoms with Crippen molar-refractivity contribution in [1.82, 2.24) is 14.5 Å². The summed E-state index contributed by atoms with van der Waals surface area (Å²) in [6, 6.07) is 4.09. The van der Waals surface area contributed by atoms with Crippen molar-refractivity contribution in [3.8, 4) is 5.88 Å². The highest BCUT2D eigenvalue weighted by atomic mass is 35.5. The summed E-state index contributed by atoms with van der Waals surface area (Å²) in [6.07, 6.45) is 1.08. The van der Waals surface area contributed by atoms with Gasteiger partial charge in [0.2, 0.25) is 5.88 Å². The Bertz CT molecular complexity index is 573. The highest BCUT2D eigenvalue weighted by Crippen LogP contribution is 2.25. The maximum absolute atomic E-state index is 6.04. The predicted octanol–water partition coefficient (Wildman–Crippen LogP) is 3.88. The zero-order valence-electron chi connectivity index (χ0n) is 12.1. The van der Waals surface area contributed by atoms with Gasteiger partial charge in [0.05, 0.1) is 13.0 Å². The molecule has 0 saturated carbocycles. The topological polar surface area (TPSA) is 39.9 Å². The lowest BCUT2D eigenvalue weighted by atomic mass is 10.2. The third-order valence-corrected chi connectivity index (χ3v) is 4.41. The van der Waals surface area contributed by atoms with E-state index in [0.717, 1.165) is 34.9 Å². The van der Waals surface area contributed by atoms with Crippen LogP contribution in [0.15, 0.2) is 12.1 Å². The van der Waals surface area contributed by atoms with Gasteiger partial charge < -0.3 is 9.30 Å². The van der Waals surface area contributed by atoms with E-state index in [1.807, 2.05) is 23.9 Å². The number of rotatable bonds is 7. The number of fused-ring (bicyclic) bond motifs is 1. The van der Waals surface area contributed by atoms with Crippen molar-refractivity contribution < 1.29 is 4.74 Å².